The van der Waals surface area contributed by atoms with Gasteiger partial charge in [0.15, 0.2) is 0 Å². The first kappa shape index (κ1) is 20.3. The van der Waals surface area contributed by atoms with E-state index in [1.54, 1.807) is 66.7 Å². The molecule has 0 heterocycles. The maximum absolute atomic E-state index is 12.5. The first-order valence-corrected chi connectivity index (χ1v) is 9.64. The van der Waals surface area contributed by atoms with Crippen molar-refractivity contribution in [2.45, 2.75) is 26.7 Å². The highest BCUT2D eigenvalue weighted by Crippen LogP contribution is 2.35. The molecular weight excluding hydrogens is 364 g/mol. The molecular formula is C25H24O4. The van der Waals surface area contributed by atoms with Crippen molar-refractivity contribution < 1.29 is 19.1 Å². The monoisotopic (exact) mass is 388 g/mol. The van der Waals surface area contributed by atoms with E-state index in [2.05, 4.69) is 20.8 Å². The Morgan fingerprint density at radius 1 is 0.690 bits per heavy atom. The molecule has 0 amide bonds. The molecule has 0 aliphatic heterocycles. The lowest BCUT2D eigenvalue weighted by Crippen LogP contribution is -2.13. The summed E-state index contributed by atoms with van der Waals surface area (Å²) in [4.78, 5) is 24.9. The zero-order valence-electron chi connectivity index (χ0n) is 16.8. The Labute approximate surface area is 171 Å². The van der Waals surface area contributed by atoms with Crippen LogP contribution < -0.4 is 9.47 Å². The Morgan fingerprint density at radius 3 is 1.72 bits per heavy atom. The zero-order valence-corrected chi connectivity index (χ0v) is 16.8. The van der Waals surface area contributed by atoms with Crippen molar-refractivity contribution in [3.05, 3.63) is 95.6 Å². The SMILES string of the molecule is CC(C)C(C)c1cc(OC(=O)c2ccccc2)ccc1OC(=O)c1ccccc1. The summed E-state index contributed by atoms with van der Waals surface area (Å²) in [5.74, 6) is 0.452. The Kier molecular flexibility index (Phi) is 6.45. The Morgan fingerprint density at radius 2 is 1.21 bits per heavy atom. The van der Waals surface area contributed by atoms with E-state index in [1.165, 1.54) is 0 Å². The first-order chi connectivity index (χ1) is 14.0. The van der Waals surface area contributed by atoms with Gasteiger partial charge in [0.05, 0.1) is 11.1 Å². The Hall–Kier alpha value is -3.40. The van der Waals surface area contributed by atoms with E-state index in [9.17, 15) is 9.59 Å². The van der Waals surface area contributed by atoms with Crippen LogP contribution in [0.1, 0.15) is 53.0 Å². The topological polar surface area (TPSA) is 52.6 Å². The number of hydrogen-bond donors (Lipinski definition) is 0. The number of hydrogen-bond acceptors (Lipinski definition) is 4. The molecule has 0 aromatic heterocycles. The van der Waals surface area contributed by atoms with Crippen molar-refractivity contribution in [1.82, 2.24) is 0 Å². The Bertz CT molecular complexity index is 978. The summed E-state index contributed by atoms with van der Waals surface area (Å²) in [5.41, 5.74) is 1.78. The lowest BCUT2D eigenvalue weighted by molar-refractivity contribution is 0.0717. The van der Waals surface area contributed by atoms with E-state index >= 15 is 0 Å². The van der Waals surface area contributed by atoms with Gasteiger partial charge >= 0.3 is 11.9 Å². The maximum atomic E-state index is 12.5. The molecule has 4 heteroatoms. The van der Waals surface area contributed by atoms with E-state index in [0.717, 1.165) is 5.56 Å². The fraction of sp³-hybridized carbons (Fsp3) is 0.200. The summed E-state index contributed by atoms with van der Waals surface area (Å²) in [6.45, 7) is 6.24. The van der Waals surface area contributed by atoms with E-state index in [1.807, 2.05) is 12.1 Å². The minimum Gasteiger partial charge on any atom is -0.423 e. The summed E-state index contributed by atoms with van der Waals surface area (Å²) in [5, 5.41) is 0. The van der Waals surface area contributed by atoms with Gasteiger partial charge in [-0.05, 0) is 54.3 Å². The third kappa shape index (κ3) is 5.11. The number of ether oxygens (including phenoxy) is 2. The van der Waals surface area contributed by atoms with Crippen molar-refractivity contribution >= 4 is 11.9 Å². The van der Waals surface area contributed by atoms with Crippen LogP contribution in [0, 0.1) is 5.92 Å². The molecule has 0 saturated heterocycles. The predicted octanol–water partition coefficient (Wildman–Crippen LogP) is 5.88. The lowest BCUT2D eigenvalue weighted by atomic mass is 9.89. The smallest absolute Gasteiger partial charge is 0.343 e. The average Bonchev–Trinajstić information content (AvgIpc) is 2.75. The van der Waals surface area contributed by atoms with Gasteiger partial charge in [-0.15, -0.1) is 0 Å². The molecule has 0 radical (unpaired) electrons. The molecule has 3 aromatic rings. The first-order valence-electron chi connectivity index (χ1n) is 9.64. The van der Waals surface area contributed by atoms with Crippen LogP contribution in [0.25, 0.3) is 0 Å². The van der Waals surface area contributed by atoms with E-state index < -0.39 is 11.9 Å². The molecule has 4 nitrogen and oxygen atoms in total. The average molecular weight is 388 g/mol. The van der Waals surface area contributed by atoms with E-state index in [0.29, 0.717) is 28.5 Å². The number of benzene rings is 3. The van der Waals surface area contributed by atoms with Crippen molar-refractivity contribution in [2.24, 2.45) is 5.92 Å². The van der Waals surface area contributed by atoms with Gasteiger partial charge in [-0.2, -0.15) is 0 Å². The van der Waals surface area contributed by atoms with Crippen LogP contribution in [0.5, 0.6) is 11.5 Å². The van der Waals surface area contributed by atoms with E-state index in [4.69, 9.17) is 9.47 Å². The number of rotatable bonds is 6. The highest BCUT2D eigenvalue weighted by molar-refractivity contribution is 5.92. The number of esters is 2. The van der Waals surface area contributed by atoms with Gasteiger partial charge in [0, 0.05) is 5.56 Å². The molecule has 1 unspecified atom stereocenters. The maximum Gasteiger partial charge on any atom is 0.343 e. The molecule has 0 spiro atoms. The number of carbonyl (C=O) groups excluding carboxylic acids is 2. The van der Waals surface area contributed by atoms with Crippen LogP contribution in [-0.2, 0) is 0 Å². The van der Waals surface area contributed by atoms with Gasteiger partial charge in [0.2, 0.25) is 0 Å². The molecule has 1 atom stereocenters. The van der Waals surface area contributed by atoms with Crippen molar-refractivity contribution in [3.63, 3.8) is 0 Å². The highest BCUT2D eigenvalue weighted by atomic mass is 16.5. The normalized spacial score (nSPS) is 11.7. The Balaban J connectivity index is 1.87. The predicted molar refractivity (Wildman–Crippen MR) is 112 cm³/mol. The fourth-order valence-corrected chi connectivity index (χ4v) is 2.87. The van der Waals surface area contributed by atoms with Gasteiger partial charge in [-0.25, -0.2) is 9.59 Å². The van der Waals surface area contributed by atoms with Crippen LogP contribution in [0.15, 0.2) is 78.9 Å². The second-order valence-electron chi connectivity index (χ2n) is 7.24. The van der Waals surface area contributed by atoms with Crippen LogP contribution in [0.4, 0.5) is 0 Å². The number of carbonyl (C=O) groups is 2. The minimum atomic E-state index is -0.428. The summed E-state index contributed by atoms with van der Waals surface area (Å²) >= 11 is 0. The lowest BCUT2D eigenvalue weighted by Gasteiger charge is -2.20. The second-order valence-corrected chi connectivity index (χ2v) is 7.24. The van der Waals surface area contributed by atoms with Crippen molar-refractivity contribution in [3.8, 4) is 11.5 Å². The molecule has 3 rings (SSSR count). The fourth-order valence-electron chi connectivity index (χ4n) is 2.87. The van der Waals surface area contributed by atoms with Crippen molar-refractivity contribution in [1.29, 1.82) is 0 Å². The molecule has 0 saturated carbocycles. The minimum absolute atomic E-state index is 0.101. The molecule has 148 valence electrons. The van der Waals surface area contributed by atoms with E-state index in [-0.39, 0.29) is 5.92 Å². The summed E-state index contributed by atoms with van der Waals surface area (Å²) < 4.78 is 11.2. The molecule has 0 aliphatic carbocycles. The molecule has 29 heavy (non-hydrogen) atoms. The van der Waals surface area contributed by atoms with Gasteiger partial charge in [0.25, 0.3) is 0 Å². The van der Waals surface area contributed by atoms with Crippen molar-refractivity contribution in [2.75, 3.05) is 0 Å². The van der Waals surface area contributed by atoms with Gasteiger partial charge < -0.3 is 9.47 Å². The highest BCUT2D eigenvalue weighted by Gasteiger charge is 2.20. The molecule has 3 aromatic carbocycles. The molecule has 0 bridgehead atoms. The summed E-state index contributed by atoms with van der Waals surface area (Å²) in [7, 11) is 0. The molecule has 0 aliphatic rings. The van der Waals surface area contributed by atoms with Crippen LogP contribution in [0.3, 0.4) is 0 Å². The van der Waals surface area contributed by atoms with Gasteiger partial charge in [-0.1, -0.05) is 57.2 Å². The standard InChI is InChI=1S/C25H24O4/c1-17(2)18(3)22-16-21(28-24(26)19-10-6-4-7-11-19)14-15-23(22)29-25(27)20-12-8-5-9-13-20/h4-18H,1-3H3. The van der Waals surface area contributed by atoms with Crippen LogP contribution in [0.2, 0.25) is 0 Å². The zero-order chi connectivity index (χ0) is 20.8. The third-order valence-corrected chi connectivity index (χ3v) is 4.90. The van der Waals surface area contributed by atoms with Crippen LogP contribution in [-0.4, -0.2) is 11.9 Å². The quantitative estimate of drug-likeness (QED) is 0.391. The summed E-state index contributed by atoms with van der Waals surface area (Å²) in [6.07, 6.45) is 0. The third-order valence-electron chi connectivity index (χ3n) is 4.90. The molecule has 0 fully saturated rings. The largest absolute Gasteiger partial charge is 0.423 e. The van der Waals surface area contributed by atoms with Gasteiger partial charge in [-0.3, -0.25) is 0 Å². The second kappa shape index (κ2) is 9.20. The van der Waals surface area contributed by atoms with Crippen LogP contribution >= 0.6 is 0 Å². The van der Waals surface area contributed by atoms with Gasteiger partial charge in [0.1, 0.15) is 11.5 Å². The summed E-state index contributed by atoms with van der Waals surface area (Å²) in [6, 6.07) is 22.8. The molecule has 0 N–H and O–H groups in total.